The van der Waals surface area contributed by atoms with Gasteiger partial charge in [0.2, 0.25) is 11.8 Å². The number of hydrogen-bond acceptors (Lipinski definition) is 10. The number of halogens is 3. The van der Waals surface area contributed by atoms with Gasteiger partial charge in [0.25, 0.3) is 0 Å². The van der Waals surface area contributed by atoms with Crippen molar-refractivity contribution in [3.8, 4) is 17.4 Å². The second-order valence-corrected chi connectivity index (χ2v) is 10.4. The number of alkyl halides is 3. The Labute approximate surface area is 242 Å². The predicted molar refractivity (Wildman–Crippen MR) is 151 cm³/mol. The van der Waals surface area contributed by atoms with E-state index in [-0.39, 0.29) is 17.3 Å². The van der Waals surface area contributed by atoms with Gasteiger partial charge >= 0.3 is 6.18 Å². The molecule has 0 saturated carbocycles. The molecule has 2 aromatic carbocycles. The number of methoxy groups -OCH3 is 1. The zero-order chi connectivity index (χ0) is 29.9. The molecule has 0 atom stereocenters. The molecule has 2 aliphatic rings. The zero-order valence-corrected chi connectivity index (χ0v) is 23.6. The molecule has 0 spiro atoms. The van der Waals surface area contributed by atoms with Crippen LogP contribution in [0.25, 0.3) is 0 Å². The molecule has 224 valence electrons. The average Bonchev–Trinajstić information content (AvgIpc) is 2.92. The van der Waals surface area contributed by atoms with E-state index < -0.39 is 17.6 Å². The zero-order valence-electron chi connectivity index (χ0n) is 23.6. The normalized spacial score (nSPS) is 16.3. The standard InChI is InChI=1S/C29H33F3N6O4/c1-36(2)15-19-5-4-6-25(22(19)16-39)42-27-23(29(30,31)32)14-33-28(35-27)34-24-8-7-20(13-26(24)40-3)37-9-11-38(12-10-37)21-17-41-18-21/h4-8,13-14,16,21H,9-12,15,17-18H2,1-3H3,(H,33,34,35). The smallest absolute Gasteiger partial charge is 0.423 e. The minimum atomic E-state index is -4.79. The van der Waals surface area contributed by atoms with Crippen molar-refractivity contribution in [1.29, 1.82) is 0 Å². The SMILES string of the molecule is COc1cc(N2CCN(C3COC3)CC2)ccc1Nc1ncc(C(F)(F)F)c(Oc2cccc(CN(C)C)c2C=O)n1. The summed E-state index contributed by atoms with van der Waals surface area (Å²) in [5.74, 6) is -0.410. The third-order valence-corrected chi connectivity index (χ3v) is 7.27. The van der Waals surface area contributed by atoms with Crippen molar-refractivity contribution in [2.75, 3.05) is 70.8 Å². The summed E-state index contributed by atoms with van der Waals surface area (Å²) in [6.45, 7) is 5.54. The number of hydrogen-bond donors (Lipinski definition) is 1. The minimum Gasteiger partial charge on any atom is -0.494 e. The van der Waals surface area contributed by atoms with Crippen molar-refractivity contribution >= 4 is 23.6 Å². The van der Waals surface area contributed by atoms with Gasteiger partial charge in [-0.2, -0.15) is 18.2 Å². The number of carbonyl (C=O) groups is 1. The van der Waals surface area contributed by atoms with Gasteiger partial charge in [-0.05, 0) is 37.9 Å². The van der Waals surface area contributed by atoms with E-state index in [2.05, 4.69) is 25.1 Å². The number of rotatable bonds is 10. The summed E-state index contributed by atoms with van der Waals surface area (Å²) in [7, 11) is 5.15. The van der Waals surface area contributed by atoms with Crippen LogP contribution in [0, 0.1) is 0 Å². The molecule has 0 amide bonds. The van der Waals surface area contributed by atoms with Crippen LogP contribution in [0.1, 0.15) is 21.5 Å². The molecule has 3 heterocycles. The van der Waals surface area contributed by atoms with E-state index in [1.54, 1.807) is 18.2 Å². The maximum atomic E-state index is 13.9. The highest BCUT2D eigenvalue weighted by Gasteiger charge is 2.37. The lowest BCUT2D eigenvalue weighted by atomic mass is 10.1. The van der Waals surface area contributed by atoms with Crippen molar-refractivity contribution in [3.05, 3.63) is 59.3 Å². The number of nitrogens with one attached hydrogen (secondary N) is 1. The van der Waals surface area contributed by atoms with Gasteiger partial charge in [-0.1, -0.05) is 12.1 Å². The Morgan fingerprint density at radius 1 is 1.12 bits per heavy atom. The lowest BCUT2D eigenvalue weighted by Gasteiger charge is -2.43. The third kappa shape index (κ3) is 6.58. The Morgan fingerprint density at radius 2 is 1.88 bits per heavy atom. The minimum absolute atomic E-state index is 0.0358. The van der Waals surface area contributed by atoms with Crippen LogP contribution < -0.4 is 19.7 Å². The first-order valence-electron chi connectivity index (χ1n) is 13.5. The highest BCUT2D eigenvalue weighted by molar-refractivity contribution is 5.82. The summed E-state index contributed by atoms with van der Waals surface area (Å²) in [4.78, 5) is 26.4. The first kappa shape index (κ1) is 29.5. The number of carbonyl (C=O) groups excluding carboxylic acids is 1. The first-order valence-corrected chi connectivity index (χ1v) is 13.5. The number of aromatic nitrogens is 2. The summed E-state index contributed by atoms with van der Waals surface area (Å²) in [5, 5.41) is 2.95. The monoisotopic (exact) mass is 586 g/mol. The number of aldehydes is 1. The quantitative estimate of drug-likeness (QED) is 0.344. The summed E-state index contributed by atoms with van der Waals surface area (Å²) in [6, 6.07) is 10.8. The fourth-order valence-electron chi connectivity index (χ4n) is 4.97. The van der Waals surface area contributed by atoms with Gasteiger partial charge in [0.15, 0.2) is 6.29 Å². The van der Waals surface area contributed by atoms with Crippen molar-refractivity contribution in [2.45, 2.75) is 18.8 Å². The van der Waals surface area contributed by atoms with Crippen LogP contribution in [0.5, 0.6) is 17.4 Å². The predicted octanol–water partition coefficient (Wildman–Crippen LogP) is 4.43. The lowest BCUT2D eigenvalue weighted by Crippen LogP contribution is -2.56. The molecule has 5 rings (SSSR count). The lowest BCUT2D eigenvalue weighted by molar-refractivity contribution is -0.139. The Bertz CT molecular complexity index is 1410. The molecule has 0 radical (unpaired) electrons. The summed E-state index contributed by atoms with van der Waals surface area (Å²) in [5.41, 5.74) is 1.03. The summed E-state index contributed by atoms with van der Waals surface area (Å²) < 4.78 is 58.2. The topological polar surface area (TPSA) is 92.3 Å². The fourth-order valence-corrected chi connectivity index (χ4v) is 4.97. The first-order chi connectivity index (χ1) is 20.2. The van der Waals surface area contributed by atoms with E-state index in [9.17, 15) is 18.0 Å². The highest BCUT2D eigenvalue weighted by Crippen LogP contribution is 2.39. The van der Waals surface area contributed by atoms with Crippen molar-refractivity contribution in [3.63, 3.8) is 0 Å². The second kappa shape index (κ2) is 12.5. The van der Waals surface area contributed by atoms with E-state index in [1.165, 1.54) is 13.2 Å². The van der Waals surface area contributed by atoms with Gasteiger partial charge < -0.3 is 29.3 Å². The van der Waals surface area contributed by atoms with Gasteiger partial charge in [-0.3, -0.25) is 9.69 Å². The van der Waals surface area contributed by atoms with Crippen LogP contribution in [0.2, 0.25) is 0 Å². The van der Waals surface area contributed by atoms with Crippen LogP contribution in [-0.2, 0) is 17.5 Å². The Morgan fingerprint density at radius 3 is 2.50 bits per heavy atom. The number of piperazine rings is 1. The van der Waals surface area contributed by atoms with E-state index in [0.29, 0.717) is 42.1 Å². The average molecular weight is 587 g/mol. The van der Waals surface area contributed by atoms with Crippen LogP contribution in [0.3, 0.4) is 0 Å². The molecule has 42 heavy (non-hydrogen) atoms. The van der Waals surface area contributed by atoms with E-state index in [1.807, 2.05) is 31.1 Å². The molecule has 2 saturated heterocycles. The Hall–Kier alpha value is -3.94. The second-order valence-electron chi connectivity index (χ2n) is 10.4. The molecule has 10 nitrogen and oxygen atoms in total. The Balaban J connectivity index is 1.38. The Kier molecular flexibility index (Phi) is 8.80. The van der Waals surface area contributed by atoms with E-state index >= 15 is 0 Å². The summed E-state index contributed by atoms with van der Waals surface area (Å²) in [6.07, 6.45) is -3.57. The maximum absolute atomic E-state index is 13.9. The number of ether oxygens (including phenoxy) is 3. The molecule has 0 bridgehead atoms. The van der Waals surface area contributed by atoms with Crippen molar-refractivity contribution in [1.82, 2.24) is 19.8 Å². The van der Waals surface area contributed by atoms with Crippen LogP contribution >= 0.6 is 0 Å². The van der Waals surface area contributed by atoms with Gasteiger partial charge in [0.1, 0.15) is 17.1 Å². The molecule has 13 heteroatoms. The fraction of sp³-hybridized carbons (Fsp3) is 0.414. The molecule has 0 unspecified atom stereocenters. The molecule has 2 aliphatic heterocycles. The molecule has 2 fully saturated rings. The molecule has 0 aliphatic carbocycles. The van der Waals surface area contributed by atoms with Gasteiger partial charge in [0, 0.05) is 50.7 Å². The van der Waals surface area contributed by atoms with Crippen LogP contribution in [-0.4, -0.2) is 92.7 Å². The van der Waals surface area contributed by atoms with Crippen LogP contribution in [0.15, 0.2) is 42.6 Å². The molecule has 1 N–H and O–H groups in total. The summed E-state index contributed by atoms with van der Waals surface area (Å²) >= 11 is 0. The third-order valence-electron chi connectivity index (χ3n) is 7.27. The molecule has 1 aromatic heterocycles. The largest absolute Gasteiger partial charge is 0.494 e. The van der Waals surface area contributed by atoms with Crippen molar-refractivity contribution in [2.24, 2.45) is 0 Å². The number of anilines is 3. The molecule has 3 aromatic rings. The number of nitrogens with zero attached hydrogens (tertiary/aromatic N) is 5. The van der Waals surface area contributed by atoms with Gasteiger partial charge in [0.05, 0.1) is 37.6 Å². The highest BCUT2D eigenvalue weighted by atomic mass is 19.4. The maximum Gasteiger partial charge on any atom is 0.423 e. The van der Waals surface area contributed by atoms with E-state index in [4.69, 9.17) is 14.2 Å². The van der Waals surface area contributed by atoms with Crippen LogP contribution in [0.4, 0.5) is 30.5 Å². The van der Waals surface area contributed by atoms with Gasteiger partial charge in [-0.25, -0.2) is 4.98 Å². The molecular formula is C29H33F3N6O4. The van der Waals surface area contributed by atoms with E-state index in [0.717, 1.165) is 45.1 Å². The molecular weight excluding hydrogens is 553 g/mol. The van der Waals surface area contributed by atoms with Gasteiger partial charge in [-0.15, -0.1) is 0 Å². The number of benzene rings is 2. The van der Waals surface area contributed by atoms with Crippen molar-refractivity contribution < 1.29 is 32.2 Å².